The first-order chi connectivity index (χ1) is 37.3. The zero-order valence-electron chi connectivity index (χ0n) is 44.3. The second-order valence-electron chi connectivity index (χ2n) is 21.2. The fourth-order valence-electron chi connectivity index (χ4n) is 10.1. The molecule has 0 amide bonds. The van der Waals surface area contributed by atoms with E-state index in [0.29, 0.717) is 60.1 Å². The first kappa shape index (κ1) is 52.7. The summed E-state index contributed by atoms with van der Waals surface area (Å²) in [5.74, 6) is 1.33. The Hall–Kier alpha value is -6.29. The molecule has 0 N–H and O–H groups in total. The number of phosphoric acid groups is 1. The van der Waals surface area contributed by atoms with Gasteiger partial charge in [-0.05, 0) is 40.4 Å². The molecule has 402 valence electrons. The van der Waals surface area contributed by atoms with Crippen molar-refractivity contribution >= 4 is 50.1 Å². The average molecular weight is 1080 g/mol. The molecule has 77 heavy (non-hydrogen) atoms. The number of methoxy groups -OCH3 is 2. The third-order valence-corrected chi connectivity index (χ3v) is 21.0. The molecule has 7 heterocycles. The van der Waals surface area contributed by atoms with Crippen molar-refractivity contribution in [2.24, 2.45) is 0 Å². The van der Waals surface area contributed by atoms with Crippen molar-refractivity contribution in [2.45, 2.75) is 114 Å². The van der Waals surface area contributed by atoms with E-state index >= 15 is 0 Å². The number of aromatic nitrogens is 8. The Labute approximate surface area is 449 Å². The average Bonchev–Trinajstić information content (AvgIpc) is 4.26. The van der Waals surface area contributed by atoms with Gasteiger partial charge in [0, 0.05) is 40.4 Å². The number of nitrogens with zero attached hydrogens (tertiary/aromatic N) is 10. The minimum atomic E-state index is -4.29. The molecule has 19 nitrogen and oxygen atoms in total. The number of anilines is 2. The van der Waals surface area contributed by atoms with Gasteiger partial charge in [-0.15, -0.1) is 0 Å². The van der Waals surface area contributed by atoms with E-state index in [1.807, 2.05) is 81.9 Å². The zero-order chi connectivity index (χ0) is 53.3. The van der Waals surface area contributed by atoms with Crippen molar-refractivity contribution in [3.8, 4) is 0 Å². The molecule has 0 bridgehead atoms. The van der Waals surface area contributed by atoms with Crippen molar-refractivity contribution in [3.63, 3.8) is 0 Å². The van der Waals surface area contributed by atoms with Crippen molar-refractivity contribution in [1.29, 1.82) is 0 Å². The molecule has 4 aromatic carbocycles. The SMILES string of the molecule is CO[C@@H]1[C@H](O[Si](C)(C)C(C)(C)C)[C@@H](CO[P@]2(=O)OC[C@H]3O[C@@H](n4cnc5c(N(Cc6ccccc6)Cc6ccccc6)ncnc54)[C@H](OC)[C@@H]3O2)O[C@H]1n1cnc2c(N(Cc3ccccc3)Cc3ccccc3)ncnc21. The van der Waals surface area contributed by atoms with Crippen LogP contribution in [0.3, 0.4) is 0 Å². The molecule has 0 spiro atoms. The summed E-state index contributed by atoms with van der Waals surface area (Å²) in [6.07, 6.45) is 0.452. The Morgan fingerprint density at radius 2 is 1.05 bits per heavy atom. The summed E-state index contributed by atoms with van der Waals surface area (Å²) in [7, 11) is -3.60. The lowest BCUT2D eigenvalue weighted by molar-refractivity contribution is -0.0834. The van der Waals surface area contributed by atoms with E-state index in [9.17, 15) is 4.57 Å². The van der Waals surface area contributed by atoms with Gasteiger partial charge in [0.05, 0.1) is 25.9 Å². The number of imidazole rings is 2. The van der Waals surface area contributed by atoms with Crippen molar-refractivity contribution in [1.82, 2.24) is 39.0 Å². The van der Waals surface area contributed by atoms with E-state index in [2.05, 4.69) is 92.2 Å². The maximum Gasteiger partial charge on any atom is 0.475 e. The lowest BCUT2D eigenvalue weighted by atomic mass is 10.1. The summed E-state index contributed by atoms with van der Waals surface area (Å²) in [6, 6.07) is 41.0. The number of hydrogen-bond donors (Lipinski definition) is 0. The minimum absolute atomic E-state index is 0.0968. The van der Waals surface area contributed by atoms with E-state index in [4.69, 9.17) is 66.8 Å². The summed E-state index contributed by atoms with van der Waals surface area (Å²) < 4.78 is 70.2. The van der Waals surface area contributed by atoms with Crippen molar-refractivity contribution in [2.75, 3.05) is 37.2 Å². The van der Waals surface area contributed by atoms with Crippen molar-refractivity contribution in [3.05, 3.63) is 169 Å². The number of rotatable bonds is 19. The highest BCUT2D eigenvalue weighted by Gasteiger charge is 2.56. The second-order valence-corrected chi connectivity index (χ2v) is 27.6. The molecule has 0 unspecified atom stereocenters. The van der Waals surface area contributed by atoms with Crippen LogP contribution in [0.15, 0.2) is 147 Å². The molecule has 9 atom stereocenters. The van der Waals surface area contributed by atoms with Gasteiger partial charge in [-0.2, -0.15) is 0 Å². The van der Waals surface area contributed by atoms with Gasteiger partial charge in [0.25, 0.3) is 0 Å². The highest BCUT2D eigenvalue weighted by molar-refractivity contribution is 7.48. The normalized spacial score (nSPS) is 24.6. The van der Waals surface area contributed by atoms with E-state index in [0.717, 1.165) is 22.3 Å². The quantitative estimate of drug-likeness (QED) is 0.0550. The summed E-state index contributed by atoms with van der Waals surface area (Å²) in [5, 5.41) is -0.178. The smallest absolute Gasteiger partial charge is 0.408 e. The van der Waals surface area contributed by atoms with Crippen LogP contribution in [-0.4, -0.2) is 111 Å². The zero-order valence-corrected chi connectivity index (χ0v) is 46.2. The molecule has 0 radical (unpaired) electrons. The molecule has 3 aliphatic heterocycles. The van der Waals surface area contributed by atoms with Gasteiger partial charge in [0.1, 0.15) is 49.3 Å². The minimum Gasteiger partial charge on any atom is -0.408 e. The van der Waals surface area contributed by atoms with E-state index in [1.54, 1.807) is 33.2 Å². The molecule has 21 heteroatoms. The highest BCUT2D eigenvalue weighted by Crippen LogP contribution is 2.58. The van der Waals surface area contributed by atoms with E-state index in [-0.39, 0.29) is 18.3 Å². The van der Waals surface area contributed by atoms with E-state index < -0.39 is 65.2 Å². The van der Waals surface area contributed by atoms with Crippen LogP contribution >= 0.6 is 7.82 Å². The van der Waals surface area contributed by atoms with Crippen LogP contribution in [0.1, 0.15) is 55.5 Å². The molecule has 3 aliphatic rings. The summed E-state index contributed by atoms with van der Waals surface area (Å²) in [4.78, 5) is 33.2. The maximum absolute atomic E-state index is 14.8. The van der Waals surface area contributed by atoms with Crippen LogP contribution in [0, 0.1) is 0 Å². The highest BCUT2D eigenvalue weighted by atomic mass is 31.2. The third kappa shape index (κ3) is 11.0. The van der Waals surface area contributed by atoms with Gasteiger partial charge in [-0.25, -0.2) is 34.5 Å². The Morgan fingerprint density at radius 1 is 0.610 bits per heavy atom. The fourth-order valence-corrected chi connectivity index (χ4v) is 12.9. The standard InChI is InChI=1S/C56H65N10O9PSi/c1-56(2,3)77(6,7)75-47-43(73-55(49(47)69-5)66-37-62-45-51(58-35-60-53(45)66)64(30-40-24-16-10-17-25-40)31-41-26-18-11-19-27-41)33-71-76(67)70-32-42-46(74-76)48(68-4)54(72-42)65-36-61-44-50(57-34-59-52(44)65)63(28-38-20-12-8-13-21-38)29-39-22-14-9-15-23-39/h8-27,34-37,42-43,46-49,54-55H,28-33H2,1-7H3/t42-,43-,46-,47-,48-,49-,54-,55-,76+/m1/s1. The summed E-state index contributed by atoms with van der Waals surface area (Å²) in [5.41, 5.74) is 6.74. The molecule has 0 saturated carbocycles. The Kier molecular flexibility index (Phi) is 15.2. The first-order valence-corrected chi connectivity index (χ1v) is 30.3. The van der Waals surface area contributed by atoms with Crippen LogP contribution in [-0.2, 0) is 67.7 Å². The van der Waals surface area contributed by atoms with Crippen LogP contribution in [0.4, 0.5) is 11.6 Å². The largest absolute Gasteiger partial charge is 0.475 e. The number of ether oxygens (including phenoxy) is 4. The van der Waals surface area contributed by atoms with Gasteiger partial charge in [0.15, 0.2) is 54.7 Å². The second kappa shape index (κ2) is 22.2. The molecule has 3 saturated heterocycles. The van der Waals surface area contributed by atoms with Crippen molar-refractivity contribution < 1.29 is 41.5 Å². The molecule has 11 rings (SSSR count). The Morgan fingerprint density at radius 3 is 1.48 bits per heavy atom. The predicted octanol–water partition coefficient (Wildman–Crippen LogP) is 9.84. The van der Waals surface area contributed by atoms with Gasteiger partial charge >= 0.3 is 7.82 Å². The van der Waals surface area contributed by atoms with Gasteiger partial charge < -0.3 is 33.2 Å². The number of phosphoric ester groups is 1. The topological polar surface area (TPSA) is 185 Å². The van der Waals surface area contributed by atoms with Gasteiger partial charge in [-0.3, -0.25) is 22.7 Å². The Bertz CT molecular complexity index is 3220. The van der Waals surface area contributed by atoms with Gasteiger partial charge in [0.2, 0.25) is 0 Å². The van der Waals surface area contributed by atoms with Crippen LogP contribution < -0.4 is 9.80 Å². The number of fused-ring (bicyclic) bond motifs is 3. The molecule has 3 fully saturated rings. The summed E-state index contributed by atoms with van der Waals surface area (Å²) >= 11 is 0. The van der Waals surface area contributed by atoms with E-state index in [1.165, 1.54) is 6.33 Å². The molecule has 4 aromatic heterocycles. The summed E-state index contributed by atoms with van der Waals surface area (Å²) in [6.45, 7) is 12.9. The van der Waals surface area contributed by atoms with Gasteiger partial charge in [-0.1, -0.05) is 142 Å². The fraction of sp³-hybridized carbons (Fsp3) is 0.393. The number of hydrogen-bond acceptors (Lipinski definition) is 17. The molecule has 8 aromatic rings. The Balaban J connectivity index is 0.843. The molecular weight excluding hydrogens is 1020 g/mol. The van der Waals surface area contributed by atoms with Crippen LogP contribution in [0.5, 0.6) is 0 Å². The van der Waals surface area contributed by atoms with Crippen LogP contribution in [0.2, 0.25) is 18.1 Å². The lowest BCUT2D eigenvalue weighted by Crippen LogP contribution is -2.50. The predicted molar refractivity (Wildman–Crippen MR) is 292 cm³/mol. The molecule has 0 aliphatic carbocycles. The number of benzene rings is 4. The third-order valence-electron chi connectivity index (χ3n) is 15.1. The monoisotopic (exact) mass is 1080 g/mol. The molecular formula is C56H65N10O9PSi. The van der Waals surface area contributed by atoms with Crippen LogP contribution in [0.25, 0.3) is 22.3 Å². The maximum atomic E-state index is 14.8. The first-order valence-electron chi connectivity index (χ1n) is 25.9. The lowest BCUT2D eigenvalue weighted by Gasteiger charge is -2.40.